The number of carbonyl (C=O) groups is 2. The molecule has 0 saturated heterocycles. The Morgan fingerprint density at radius 2 is 2.08 bits per heavy atom. The molecule has 0 fully saturated rings. The van der Waals surface area contributed by atoms with Crippen LogP contribution in [0.3, 0.4) is 0 Å². The summed E-state index contributed by atoms with van der Waals surface area (Å²) in [7, 11) is 3.09. The molecule has 6 nitrogen and oxygen atoms in total. The molecule has 1 aliphatic heterocycles. The summed E-state index contributed by atoms with van der Waals surface area (Å²) in [6.45, 7) is 0. The molecule has 2 aromatic carbocycles. The maximum Gasteiger partial charge on any atom is 0.332 e. The zero-order valence-electron chi connectivity index (χ0n) is 14.7. The van der Waals surface area contributed by atoms with Gasteiger partial charge in [0.25, 0.3) is 0 Å². The number of amides is 1. The van der Waals surface area contributed by atoms with E-state index in [1.807, 2.05) is 18.2 Å². The number of hydrogen-bond donors (Lipinski definition) is 1. The van der Waals surface area contributed by atoms with E-state index in [0.717, 1.165) is 16.9 Å². The van der Waals surface area contributed by atoms with Gasteiger partial charge in [0, 0.05) is 24.8 Å². The maximum absolute atomic E-state index is 12.3. The summed E-state index contributed by atoms with van der Waals surface area (Å²) in [6, 6.07) is 13.9. The zero-order valence-corrected chi connectivity index (χ0v) is 14.7. The minimum Gasteiger partial charge on any atom is -0.467 e. The average molecular weight is 349 g/mol. The highest BCUT2D eigenvalue weighted by molar-refractivity contribution is 5.96. The summed E-state index contributed by atoms with van der Waals surface area (Å²) in [5, 5.41) is 12.3. The van der Waals surface area contributed by atoms with Gasteiger partial charge in [-0.3, -0.25) is 4.79 Å². The van der Waals surface area contributed by atoms with Gasteiger partial charge in [-0.05, 0) is 47.9 Å². The second-order valence-electron chi connectivity index (χ2n) is 6.13. The molecule has 1 heterocycles. The van der Waals surface area contributed by atoms with Gasteiger partial charge < -0.3 is 15.0 Å². The molecule has 0 aliphatic carbocycles. The Labute approximate surface area is 152 Å². The molecule has 6 heteroatoms. The van der Waals surface area contributed by atoms with E-state index in [1.54, 1.807) is 36.2 Å². The van der Waals surface area contributed by atoms with E-state index in [9.17, 15) is 9.59 Å². The number of aryl methyl sites for hydroxylation is 1. The number of fused-ring (bicyclic) bond motifs is 1. The Hall–Kier alpha value is -3.33. The lowest BCUT2D eigenvalue weighted by Crippen LogP contribution is -2.31. The number of rotatable bonds is 4. The van der Waals surface area contributed by atoms with Crippen molar-refractivity contribution in [2.24, 2.45) is 0 Å². The molecule has 3 rings (SSSR count). The number of carbonyl (C=O) groups excluding carboxylic acids is 2. The molecule has 0 saturated carbocycles. The zero-order chi connectivity index (χ0) is 18.7. The van der Waals surface area contributed by atoms with Gasteiger partial charge in [-0.15, -0.1) is 0 Å². The Balaban J connectivity index is 1.92. The lowest BCUT2D eigenvalue weighted by atomic mass is 10.00. The molecule has 1 aliphatic rings. The van der Waals surface area contributed by atoms with Gasteiger partial charge in [0.2, 0.25) is 5.91 Å². The molecule has 1 atom stereocenters. The quantitative estimate of drug-likeness (QED) is 0.858. The molecular weight excluding hydrogens is 330 g/mol. The predicted octanol–water partition coefficient (Wildman–Crippen LogP) is 2.79. The van der Waals surface area contributed by atoms with Crippen LogP contribution in [-0.2, 0) is 20.7 Å². The summed E-state index contributed by atoms with van der Waals surface area (Å²) < 4.78 is 4.92. The van der Waals surface area contributed by atoms with Crippen LogP contribution in [0.2, 0.25) is 0 Å². The molecule has 0 bridgehead atoms. The summed E-state index contributed by atoms with van der Waals surface area (Å²) >= 11 is 0. The van der Waals surface area contributed by atoms with Crippen LogP contribution in [0.4, 0.5) is 11.4 Å². The van der Waals surface area contributed by atoms with Crippen LogP contribution in [-0.4, -0.2) is 26.0 Å². The van der Waals surface area contributed by atoms with Crippen molar-refractivity contribution in [1.29, 1.82) is 5.26 Å². The van der Waals surface area contributed by atoms with E-state index < -0.39 is 12.0 Å². The first-order valence-corrected chi connectivity index (χ1v) is 8.27. The van der Waals surface area contributed by atoms with Crippen LogP contribution in [0.5, 0.6) is 0 Å². The number of ether oxygens (including phenoxy) is 1. The van der Waals surface area contributed by atoms with E-state index in [2.05, 4.69) is 11.4 Å². The van der Waals surface area contributed by atoms with E-state index in [1.165, 1.54) is 7.11 Å². The number of benzene rings is 2. The SMILES string of the molecule is COC(=O)[C@H](Nc1ccc2c(c1)CCC(=O)N2C)c1cccc(C#N)c1. The monoisotopic (exact) mass is 349 g/mol. The van der Waals surface area contributed by atoms with Gasteiger partial charge in [0.15, 0.2) is 6.04 Å². The molecule has 0 spiro atoms. The Morgan fingerprint density at radius 1 is 1.27 bits per heavy atom. The number of methoxy groups -OCH3 is 1. The van der Waals surface area contributed by atoms with Gasteiger partial charge in [0.1, 0.15) is 0 Å². The third-order valence-corrected chi connectivity index (χ3v) is 4.52. The van der Waals surface area contributed by atoms with Crippen molar-refractivity contribution in [2.75, 3.05) is 24.4 Å². The minimum absolute atomic E-state index is 0.0963. The van der Waals surface area contributed by atoms with Gasteiger partial charge in [-0.2, -0.15) is 5.26 Å². The first-order chi connectivity index (χ1) is 12.5. The molecular formula is C20H19N3O3. The topological polar surface area (TPSA) is 82.4 Å². The number of hydrogen-bond acceptors (Lipinski definition) is 5. The van der Waals surface area contributed by atoms with Crippen LogP contribution in [0.15, 0.2) is 42.5 Å². The van der Waals surface area contributed by atoms with E-state index in [4.69, 9.17) is 10.00 Å². The van der Waals surface area contributed by atoms with Crippen molar-refractivity contribution in [3.63, 3.8) is 0 Å². The van der Waals surface area contributed by atoms with Crippen molar-refractivity contribution in [1.82, 2.24) is 0 Å². The van der Waals surface area contributed by atoms with Gasteiger partial charge in [0.05, 0.1) is 18.7 Å². The van der Waals surface area contributed by atoms with Crippen molar-refractivity contribution < 1.29 is 14.3 Å². The predicted molar refractivity (Wildman–Crippen MR) is 97.7 cm³/mol. The fraction of sp³-hybridized carbons (Fsp3) is 0.250. The largest absolute Gasteiger partial charge is 0.467 e. The Morgan fingerprint density at radius 3 is 2.81 bits per heavy atom. The highest BCUT2D eigenvalue weighted by atomic mass is 16.5. The highest BCUT2D eigenvalue weighted by Crippen LogP contribution is 2.31. The fourth-order valence-electron chi connectivity index (χ4n) is 3.10. The molecule has 0 radical (unpaired) electrons. The number of esters is 1. The maximum atomic E-state index is 12.3. The third-order valence-electron chi connectivity index (χ3n) is 4.52. The summed E-state index contributed by atoms with van der Waals surface area (Å²) in [4.78, 5) is 25.7. The average Bonchev–Trinajstić information content (AvgIpc) is 2.68. The minimum atomic E-state index is -0.727. The third kappa shape index (κ3) is 3.38. The van der Waals surface area contributed by atoms with Crippen LogP contribution in [0, 0.1) is 11.3 Å². The first kappa shape index (κ1) is 17.5. The molecule has 2 aromatic rings. The van der Waals surface area contributed by atoms with E-state index in [0.29, 0.717) is 24.0 Å². The van der Waals surface area contributed by atoms with E-state index >= 15 is 0 Å². The normalized spacial score (nSPS) is 14.2. The summed E-state index contributed by atoms with van der Waals surface area (Å²) in [5.74, 6) is -0.343. The van der Waals surface area contributed by atoms with Crippen LogP contribution in [0.25, 0.3) is 0 Å². The number of anilines is 2. The molecule has 132 valence electrons. The second-order valence-corrected chi connectivity index (χ2v) is 6.13. The van der Waals surface area contributed by atoms with Crippen molar-refractivity contribution >= 4 is 23.3 Å². The highest BCUT2D eigenvalue weighted by Gasteiger charge is 2.24. The van der Waals surface area contributed by atoms with Crippen molar-refractivity contribution in [3.05, 3.63) is 59.2 Å². The molecule has 1 N–H and O–H groups in total. The van der Waals surface area contributed by atoms with Gasteiger partial charge in [-0.1, -0.05) is 12.1 Å². The molecule has 26 heavy (non-hydrogen) atoms. The second kappa shape index (κ2) is 7.28. The standard InChI is InChI=1S/C20H19N3O3/c1-23-17-8-7-16(11-14(17)6-9-18(23)24)22-19(20(25)26-2)15-5-3-4-13(10-15)12-21/h3-5,7-8,10-11,19,22H,6,9H2,1-2H3/t19-/m1/s1. The van der Waals surface area contributed by atoms with E-state index in [-0.39, 0.29) is 5.91 Å². The summed E-state index contributed by atoms with van der Waals surface area (Å²) in [5.41, 5.74) is 3.81. The lowest BCUT2D eigenvalue weighted by molar-refractivity contribution is -0.141. The Bertz CT molecular complexity index is 901. The number of nitrogens with zero attached hydrogens (tertiary/aromatic N) is 2. The fourth-order valence-corrected chi connectivity index (χ4v) is 3.10. The van der Waals surface area contributed by atoms with Gasteiger partial charge in [-0.25, -0.2) is 4.79 Å². The van der Waals surface area contributed by atoms with Gasteiger partial charge >= 0.3 is 5.97 Å². The number of nitriles is 1. The van der Waals surface area contributed by atoms with Crippen molar-refractivity contribution in [3.8, 4) is 6.07 Å². The smallest absolute Gasteiger partial charge is 0.332 e. The van der Waals surface area contributed by atoms with Crippen LogP contribution < -0.4 is 10.2 Å². The summed E-state index contributed by atoms with van der Waals surface area (Å²) in [6.07, 6.45) is 1.14. The molecule has 1 amide bonds. The lowest BCUT2D eigenvalue weighted by Gasteiger charge is -2.27. The molecule has 0 unspecified atom stereocenters. The van der Waals surface area contributed by atoms with Crippen molar-refractivity contribution in [2.45, 2.75) is 18.9 Å². The first-order valence-electron chi connectivity index (χ1n) is 8.27. The van der Waals surface area contributed by atoms with Crippen LogP contribution in [0.1, 0.15) is 29.2 Å². The van der Waals surface area contributed by atoms with Crippen LogP contribution >= 0.6 is 0 Å². The Kier molecular flexibility index (Phi) is 4.90. The number of nitrogens with one attached hydrogen (secondary N) is 1. The molecule has 0 aromatic heterocycles.